The highest BCUT2D eigenvalue weighted by molar-refractivity contribution is 14.0. The van der Waals surface area contributed by atoms with Crippen LogP contribution in [0.5, 0.6) is 0 Å². The number of nitrogens with zero attached hydrogens (tertiary/aromatic N) is 2. The molecule has 0 amide bonds. The molecule has 7 heteroatoms. The fraction of sp³-hybridized carbons (Fsp3) is 0.667. The maximum Gasteiger partial charge on any atom is 0.191 e. The predicted octanol–water partition coefficient (Wildman–Crippen LogP) is 2.88. The second-order valence-corrected chi connectivity index (χ2v) is 7.17. The van der Waals surface area contributed by atoms with E-state index >= 15 is 0 Å². The zero-order valence-electron chi connectivity index (χ0n) is 17.5. The summed E-state index contributed by atoms with van der Waals surface area (Å²) in [5.41, 5.74) is 1.35. The minimum atomic E-state index is 0. The van der Waals surface area contributed by atoms with E-state index in [4.69, 9.17) is 9.47 Å². The normalized spacial score (nSPS) is 18.0. The molecule has 1 aromatic rings. The Morgan fingerprint density at radius 2 is 2.04 bits per heavy atom. The van der Waals surface area contributed by atoms with E-state index in [0.717, 1.165) is 51.5 Å². The Balaban J connectivity index is 0.00000392. The van der Waals surface area contributed by atoms with Gasteiger partial charge in [0.25, 0.3) is 0 Å². The number of halogens is 1. The minimum absolute atomic E-state index is 0. The van der Waals surface area contributed by atoms with Gasteiger partial charge in [-0.3, -0.25) is 9.89 Å². The lowest BCUT2D eigenvalue weighted by atomic mass is 10.1. The van der Waals surface area contributed by atoms with Crippen LogP contribution in [0.15, 0.2) is 35.3 Å². The Labute approximate surface area is 187 Å². The van der Waals surface area contributed by atoms with Crippen molar-refractivity contribution in [2.75, 3.05) is 47.0 Å². The molecule has 0 aliphatic carbocycles. The van der Waals surface area contributed by atoms with Crippen LogP contribution in [0, 0.1) is 0 Å². The first kappa shape index (κ1) is 25.1. The lowest BCUT2D eigenvalue weighted by Crippen LogP contribution is -2.41. The summed E-state index contributed by atoms with van der Waals surface area (Å²) >= 11 is 0. The average molecular weight is 504 g/mol. The molecule has 0 radical (unpaired) electrons. The van der Waals surface area contributed by atoms with Crippen LogP contribution in [0.1, 0.15) is 31.7 Å². The molecule has 1 fully saturated rings. The number of aliphatic imine (C=N–C) groups is 1. The molecule has 0 spiro atoms. The van der Waals surface area contributed by atoms with E-state index in [-0.39, 0.29) is 30.1 Å². The van der Waals surface area contributed by atoms with Gasteiger partial charge in [-0.2, -0.15) is 0 Å². The van der Waals surface area contributed by atoms with Gasteiger partial charge in [0.05, 0.1) is 19.3 Å². The number of nitrogens with one attached hydrogen (secondary N) is 2. The van der Waals surface area contributed by atoms with Crippen molar-refractivity contribution in [2.45, 2.75) is 44.9 Å². The smallest absolute Gasteiger partial charge is 0.191 e. The third-order valence-corrected chi connectivity index (χ3v) is 4.97. The first-order valence-electron chi connectivity index (χ1n) is 10.1. The molecule has 28 heavy (non-hydrogen) atoms. The summed E-state index contributed by atoms with van der Waals surface area (Å²) in [5.74, 6) is 0.827. The Morgan fingerprint density at radius 3 is 2.71 bits per heavy atom. The Kier molecular flexibility index (Phi) is 13.5. The number of hydrogen-bond donors (Lipinski definition) is 2. The highest BCUT2D eigenvalue weighted by Gasteiger charge is 2.15. The van der Waals surface area contributed by atoms with E-state index in [2.05, 4.69) is 64.8 Å². The molecular weight excluding hydrogens is 467 g/mol. The predicted molar refractivity (Wildman–Crippen MR) is 127 cm³/mol. The molecule has 160 valence electrons. The summed E-state index contributed by atoms with van der Waals surface area (Å²) in [6.45, 7) is 7.10. The SMILES string of the molecule is CN=C(NCCOCC1CCCO1)NCCC(C)N(C)Cc1ccccc1.I. The fourth-order valence-corrected chi connectivity index (χ4v) is 3.10. The number of hydrogen-bond acceptors (Lipinski definition) is 4. The zero-order valence-corrected chi connectivity index (χ0v) is 19.9. The average Bonchev–Trinajstić information content (AvgIpc) is 3.20. The van der Waals surface area contributed by atoms with Gasteiger partial charge in [-0.1, -0.05) is 30.3 Å². The molecular formula is C21H37IN4O2. The lowest BCUT2D eigenvalue weighted by molar-refractivity contribution is 0.0191. The lowest BCUT2D eigenvalue weighted by Gasteiger charge is -2.25. The van der Waals surface area contributed by atoms with Crippen LogP contribution in [-0.4, -0.2) is 70.0 Å². The zero-order chi connectivity index (χ0) is 19.3. The maximum atomic E-state index is 5.67. The monoisotopic (exact) mass is 504 g/mol. The highest BCUT2D eigenvalue weighted by atomic mass is 127. The number of ether oxygens (including phenoxy) is 2. The standard InChI is InChI=1S/C21H36N4O2.HI/c1-18(25(3)16-19-8-5-4-6-9-19)11-12-23-21(22-2)24-13-15-26-17-20-10-7-14-27-20;/h4-6,8-9,18,20H,7,10-17H2,1-3H3,(H2,22,23,24);1H. The van der Waals surface area contributed by atoms with Crippen LogP contribution >= 0.6 is 24.0 Å². The van der Waals surface area contributed by atoms with Gasteiger partial charge in [-0.15, -0.1) is 24.0 Å². The van der Waals surface area contributed by atoms with Gasteiger partial charge >= 0.3 is 0 Å². The van der Waals surface area contributed by atoms with Gasteiger partial charge in [0.1, 0.15) is 0 Å². The molecule has 6 nitrogen and oxygen atoms in total. The van der Waals surface area contributed by atoms with Crippen molar-refractivity contribution in [3.63, 3.8) is 0 Å². The van der Waals surface area contributed by atoms with Crippen LogP contribution in [0.25, 0.3) is 0 Å². The van der Waals surface area contributed by atoms with Crippen molar-refractivity contribution in [3.05, 3.63) is 35.9 Å². The summed E-state index contributed by atoms with van der Waals surface area (Å²) in [4.78, 5) is 6.65. The van der Waals surface area contributed by atoms with Crippen LogP contribution < -0.4 is 10.6 Å². The fourth-order valence-electron chi connectivity index (χ4n) is 3.10. The minimum Gasteiger partial charge on any atom is -0.377 e. The second kappa shape index (κ2) is 15.0. The first-order chi connectivity index (χ1) is 13.2. The summed E-state index contributed by atoms with van der Waals surface area (Å²) < 4.78 is 11.2. The summed E-state index contributed by atoms with van der Waals surface area (Å²) in [5, 5.41) is 6.68. The third kappa shape index (κ3) is 10.0. The van der Waals surface area contributed by atoms with Crippen molar-refractivity contribution in [1.82, 2.24) is 15.5 Å². The van der Waals surface area contributed by atoms with Crippen molar-refractivity contribution < 1.29 is 9.47 Å². The Bertz CT molecular complexity index is 538. The van der Waals surface area contributed by atoms with Gasteiger partial charge in [0.2, 0.25) is 0 Å². The number of benzene rings is 1. The number of rotatable bonds is 11. The molecule has 1 heterocycles. The van der Waals surface area contributed by atoms with E-state index in [1.54, 1.807) is 7.05 Å². The number of guanidine groups is 1. The van der Waals surface area contributed by atoms with E-state index in [1.165, 1.54) is 5.56 Å². The van der Waals surface area contributed by atoms with Gasteiger partial charge in [-0.05, 0) is 38.8 Å². The third-order valence-electron chi connectivity index (χ3n) is 4.97. The Morgan fingerprint density at radius 1 is 1.29 bits per heavy atom. The van der Waals surface area contributed by atoms with Gasteiger partial charge in [0, 0.05) is 39.3 Å². The first-order valence-corrected chi connectivity index (χ1v) is 10.1. The van der Waals surface area contributed by atoms with Crippen molar-refractivity contribution in [2.24, 2.45) is 4.99 Å². The highest BCUT2D eigenvalue weighted by Crippen LogP contribution is 2.11. The Hall–Kier alpha value is -0.900. The van der Waals surface area contributed by atoms with Gasteiger partial charge in [-0.25, -0.2) is 0 Å². The quantitative estimate of drug-likeness (QED) is 0.210. The van der Waals surface area contributed by atoms with Crippen LogP contribution in [-0.2, 0) is 16.0 Å². The van der Waals surface area contributed by atoms with E-state index < -0.39 is 0 Å². The molecule has 0 bridgehead atoms. The van der Waals surface area contributed by atoms with E-state index in [9.17, 15) is 0 Å². The largest absolute Gasteiger partial charge is 0.377 e. The maximum absolute atomic E-state index is 5.67. The van der Waals surface area contributed by atoms with E-state index in [1.807, 2.05) is 0 Å². The molecule has 0 saturated carbocycles. The molecule has 2 N–H and O–H groups in total. The molecule has 2 atom stereocenters. The van der Waals surface area contributed by atoms with Crippen molar-refractivity contribution >= 4 is 29.9 Å². The van der Waals surface area contributed by atoms with Gasteiger partial charge < -0.3 is 20.1 Å². The van der Waals surface area contributed by atoms with Crippen LogP contribution in [0.3, 0.4) is 0 Å². The molecule has 0 aromatic heterocycles. The second-order valence-electron chi connectivity index (χ2n) is 7.17. The van der Waals surface area contributed by atoms with Crippen molar-refractivity contribution in [3.8, 4) is 0 Å². The molecule has 2 rings (SSSR count). The molecule has 2 unspecified atom stereocenters. The molecule has 1 aromatic carbocycles. The molecule has 1 aliphatic heterocycles. The molecule has 1 saturated heterocycles. The van der Waals surface area contributed by atoms with Gasteiger partial charge in [0.15, 0.2) is 5.96 Å². The van der Waals surface area contributed by atoms with Crippen molar-refractivity contribution in [1.29, 1.82) is 0 Å². The topological polar surface area (TPSA) is 58.1 Å². The molecule has 1 aliphatic rings. The van der Waals surface area contributed by atoms with Crippen LogP contribution in [0.4, 0.5) is 0 Å². The summed E-state index contributed by atoms with van der Waals surface area (Å²) in [6, 6.07) is 11.1. The van der Waals surface area contributed by atoms with Crippen LogP contribution in [0.2, 0.25) is 0 Å². The summed E-state index contributed by atoms with van der Waals surface area (Å²) in [6.07, 6.45) is 3.62. The summed E-state index contributed by atoms with van der Waals surface area (Å²) in [7, 11) is 3.98. The van der Waals surface area contributed by atoms with E-state index in [0.29, 0.717) is 19.3 Å².